The van der Waals surface area contributed by atoms with Gasteiger partial charge in [-0.05, 0) is 24.7 Å². The Morgan fingerprint density at radius 1 is 1.45 bits per heavy atom. The van der Waals surface area contributed by atoms with E-state index in [0.717, 1.165) is 0 Å². The number of rotatable bonds is 7. The molecule has 1 aromatic carbocycles. The van der Waals surface area contributed by atoms with Crippen LogP contribution in [0.3, 0.4) is 0 Å². The molecule has 0 saturated heterocycles. The predicted molar refractivity (Wildman–Crippen MR) is 77.1 cm³/mol. The van der Waals surface area contributed by atoms with E-state index >= 15 is 0 Å². The highest BCUT2D eigenvalue weighted by Gasteiger charge is 2.18. The van der Waals surface area contributed by atoms with E-state index in [9.17, 15) is 12.8 Å². The van der Waals surface area contributed by atoms with Gasteiger partial charge in [0.2, 0.25) is 0 Å². The first kappa shape index (κ1) is 16.9. The van der Waals surface area contributed by atoms with E-state index < -0.39 is 15.7 Å². The van der Waals surface area contributed by atoms with E-state index in [1.54, 1.807) is 13.1 Å². The molecule has 0 spiro atoms. The summed E-state index contributed by atoms with van der Waals surface area (Å²) in [5.41, 5.74) is 6.42. The van der Waals surface area contributed by atoms with Crippen LogP contribution in [0, 0.1) is 5.82 Å². The molecular weight excluding hydrogens is 283 g/mol. The molecule has 5 nitrogen and oxygen atoms in total. The average molecular weight is 304 g/mol. The third-order valence-corrected chi connectivity index (χ3v) is 4.05. The van der Waals surface area contributed by atoms with Gasteiger partial charge in [0.1, 0.15) is 9.84 Å². The van der Waals surface area contributed by atoms with Crippen LogP contribution in [0.5, 0.6) is 5.75 Å². The lowest BCUT2D eigenvalue weighted by Gasteiger charge is -2.27. The van der Waals surface area contributed by atoms with Crippen LogP contribution in [0.1, 0.15) is 11.6 Å². The third kappa shape index (κ3) is 4.73. The minimum atomic E-state index is -3.04. The number of hydrogen-bond acceptors (Lipinski definition) is 5. The van der Waals surface area contributed by atoms with Crippen LogP contribution in [0.15, 0.2) is 18.2 Å². The zero-order chi connectivity index (χ0) is 15.3. The Bertz CT molecular complexity index is 549. The van der Waals surface area contributed by atoms with Gasteiger partial charge in [-0.15, -0.1) is 0 Å². The summed E-state index contributed by atoms with van der Waals surface area (Å²) in [6.45, 7) is 0.611. The molecule has 1 rings (SSSR count). The molecule has 2 N–H and O–H groups in total. The number of nitrogens with zero attached hydrogens (tertiary/aromatic N) is 1. The number of hydrogen-bond donors (Lipinski definition) is 1. The largest absolute Gasteiger partial charge is 0.494 e. The number of halogens is 1. The quantitative estimate of drug-likeness (QED) is 0.807. The zero-order valence-corrected chi connectivity index (χ0v) is 12.8. The molecule has 1 aromatic rings. The Morgan fingerprint density at radius 2 is 2.10 bits per heavy atom. The van der Waals surface area contributed by atoms with Gasteiger partial charge in [0.15, 0.2) is 11.6 Å². The monoisotopic (exact) mass is 304 g/mol. The number of likely N-dealkylation sites (N-methyl/N-ethyl adjacent to an activating group) is 1. The SMILES string of the molecule is COc1ccc(C(CN)N(C)CCS(C)(=O)=O)cc1F. The number of methoxy groups -OCH3 is 1. The first-order valence-corrected chi connectivity index (χ1v) is 8.26. The molecule has 1 atom stereocenters. The molecule has 0 aliphatic rings. The van der Waals surface area contributed by atoms with Crippen molar-refractivity contribution in [1.29, 1.82) is 0 Å². The molecule has 7 heteroatoms. The van der Waals surface area contributed by atoms with Gasteiger partial charge in [0.05, 0.1) is 12.9 Å². The van der Waals surface area contributed by atoms with Gasteiger partial charge in [0.25, 0.3) is 0 Å². The molecule has 0 fully saturated rings. The molecule has 1 unspecified atom stereocenters. The first-order valence-electron chi connectivity index (χ1n) is 6.20. The minimum absolute atomic E-state index is 0.0403. The van der Waals surface area contributed by atoms with Crippen molar-refractivity contribution in [2.75, 3.05) is 39.3 Å². The normalized spacial score (nSPS) is 13.5. The fourth-order valence-electron chi connectivity index (χ4n) is 1.93. The van der Waals surface area contributed by atoms with Crippen molar-refractivity contribution in [2.45, 2.75) is 6.04 Å². The lowest BCUT2D eigenvalue weighted by Crippen LogP contribution is -2.34. The summed E-state index contributed by atoms with van der Waals surface area (Å²) in [6.07, 6.45) is 1.19. The topological polar surface area (TPSA) is 72.6 Å². The predicted octanol–water partition coefficient (Wildman–Crippen LogP) is 0.810. The van der Waals surface area contributed by atoms with Crippen LogP contribution in [-0.4, -0.2) is 52.6 Å². The molecule has 0 bridgehead atoms. The third-order valence-electron chi connectivity index (χ3n) is 3.13. The summed E-state index contributed by atoms with van der Waals surface area (Å²) in [4.78, 5) is 1.81. The standard InChI is InChI=1S/C13H21FN2O3S/c1-16(6-7-20(3,17)18)12(9-15)10-4-5-13(19-2)11(14)8-10/h4-5,8,12H,6-7,9,15H2,1-3H3. The fraction of sp³-hybridized carbons (Fsp3) is 0.538. The molecule has 0 aliphatic carbocycles. The Balaban J connectivity index is 2.87. The maximum atomic E-state index is 13.7. The molecule has 20 heavy (non-hydrogen) atoms. The van der Waals surface area contributed by atoms with Crippen molar-refractivity contribution < 1.29 is 17.5 Å². The maximum absolute atomic E-state index is 13.7. The van der Waals surface area contributed by atoms with Gasteiger partial charge >= 0.3 is 0 Å². The van der Waals surface area contributed by atoms with Gasteiger partial charge in [0, 0.05) is 25.4 Å². The molecule has 0 aliphatic heterocycles. The molecule has 0 saturated carbocycles. The summed E-state index contributed by atoms with van der Waals surface area (Å²) in [5, 5.41) is 0. The van der Waals surface area contributed by atoms with Gasteiger partial charge in [-0.3, -0.25) is 4.90 Å². The van der Waals surface area contributed by atoms with Crippen molar-refractivity contribution >= 4 is 9.84 Å². The van der Waals surface area contributed by atoms with E-state index in [1.165, 1.54) is 25.5 Å². The van der Waals surface area contributed by atoms with Gasteiger partial charge < -0.3 is 10.5 Å². The van der Waals surface area contributed by atoms with Gasteiger partial charge in [-0.25, -0.2) is 12.8 Å². The van der Waals surface area contributed by atoms with E-state index in [0.29, 0.717) is 12.1 Å². The Kier molecular flexibility index (Phi) is 5.91. The van der Waals surface area contributed by atoms with E-state index in [-0.39, 0.29) is 24.1 Å². The number of ether oxygens (including phenoxy) is 1. The summed E-state index contributed by atoms with van der Waals surface area (Å²) in [5.74, 6) is -0.248. The highest BCUT2D eigenvalue weighted by atomic mass is 32.2. The molecule has 0 radical (unpaired) electrons. The Morgan fingerprint density at radius 3 is 2.55 bits per heavy atom. The molecule has 0 amide bonds. The summed E-state index contributed by atoms with van der Waals surface area (Å²) in [7, 11) is 0.130. The highest BCUT2D eigenvalue weighted by molar-refractivity contribution is 7.90. The highest BCUT2D eigenvalue weighted by Crippen LogP contribution is 2.24. The van der Waals surface area contributed by atoms with Crippen LogP contribution >= 0.6 is 0 Å². The second kappa shape index (κ2) is 7.01. The maximum Gasteiger partial charge on any atom is 0.165 e. The van der Waals surface area contributed by atoms with Gasteiger partial charge in [-0.2, -0.15) is 0 Å². The fourth-order valence-corrected chi connectivity index (χ4v) is 2.55. The lowest BCUT2D eigenvalue weighted by atomic mass is 10.1. The van der Waals surface area contributed by atoms with E-state index in [2.05, 4.69) is 0 Å². The summed E-state index contributed by atoms with van der Waals surface area (Å²) in [6, 6.07) is 4.40. The van der Waals surface area contributed by atoms with Crippen LogP contribution in [0.2, 0.25) is 0 Å². The van der Waals surface area contributed by atoms with Crippen molar-refractivity contribution in [3.05, 3.63) is 29.6 Å². The Labute approximate surface area is 119 Å². The van der Waals surface area contributed by atoms with Crippen molar-refractivity contribution in [3.63, 3.8) is 0 Å². The number of nitrogens with two attached hydrogens (primary N) is 1. The molecule has 114 valence electrons. The lowest BCUT2D eigenvalue weighted by molar-refractivity contribution is 0.263. The van der Waals surface area contributed by atoms with Crippen LogP contribution < -0.4 is 10.5 Å². The summed E-state index contributed by atoms with van der Waals surface area (Å²) >= 11 is 0. The van der Waals surface area contributed by atoms with Crippen molar-refractivity contribution in [1.82, 2.24) is 4.90 Å². The molecular formula is C13H21FN2O3S. The van der Waals surface area contributed by atoms with Crippen molar-refractivity contribution in [2.24, 2.45) is 5.73 Å². The van der Waals surface area contributed by atoms with Gasteiger partial charge in [-0.1, -0.05) is 6.07 Å². The second-order valence-corrected chi connectivity index (χ2v) is 7.02. The van der Waals surface area contributed by atoms with E-state index in [4.69, 9.17) is 10.5 Å². The smallest absolute Gasteiger partial charge is 0.165 e. The van der Waals surface area contributed by atoms with Crippen LogP contribution in [0.25, 0.3) is 0 Å². The van der Waals surface area contributed by atoms with Crippen molar-refractivity contribution in [3.8, 4) is 5.75 Å². The first-order chi connectivity index (χ1) is 9.28. The average Bonchev–Trinajstić information content (AvgIpc) is 2.36. The second-order valence-electron chi connectivity index (χ2n) is 4.76. The van der Waals surface area contributed by atoms with Crippen LogP contribution in [-0.2, 0) is 9.84 Å². The number of sulfone groups is 1. The molecule has 0 aromatic heterocycles. The molecule has 0 heterocycles. The summed E-state index contributed by atoms with van der Waals surface area (Å²) < 4.78 is 40.9. The van der Waals surface area contributed by atoms with E-state index in [1.807, 2.05) is 4.90 Å². The zero-order valence-electron chi connectivity index (χ0n) is 12.0. The minimum Gasteiger partial charge on any atom is -0.494 e. The number of benzene rings is 1. The van der Waals surface area contributed by atoms with Crippen LogP contribution in [0.4, 0.5) is 4.39 Å². The Hall–Kier alpha value is -1.18.